The lowest BCUT2D eigenvalue weighted by molar-refractivity contribution is 0.230. The van der Waals surface area contributed by atoms with Gasteiger partial charge in [-0.3, -0.25) is 0 Å². The van der Waals surface area contributed by atoms with Gasteiger partial charge in [0.15, 0.2) is 5.82 Å². The monoisotopic (exact) mass is 195 g/mol. The number of hydrogen-bond donors (Lipinski definition) is 1. The number of aromatic nitrogens is 3. The highest BCUT2D eigenvalue weighted by atomic mass is 16.3. The Hall–Kier alpha value is -0.900. The van der Waals surface area contributed by atoms with Crippen molar-refractivity contribution in [3.05, 3.63) is 12.2 Å². The number of rotatable bonds is 3. The van der Waals surface area contributed by atoms with Crippen LogP contribution in [-0.4, -0.2) is 19.9 Å². The molecule has 4 nitrogen and oxygen atoms in total. The minimum absolute atomic E-state index is 0.0178. The molecule has 4 heteroatoms. The largest absolute Gasteiger partial charge is 0.388 e. The first-order chi connectivity index (χ1) is 6.73. The molecule has 0 atom stereocenters. The van der Waals surface area contributed by atoms with Crippen LogP contribution in [0.25, 0.3) is 0 Å². The standard InChI is InChI=1S/C10H17N3O/c1-10(4-2-3-5-10)7-13-9(6-14)11-8-12-13/h8,14H,2-7H2,1H3. The molecule has 1 aliphatic carbocycles. The molecule has 0 unspecified atom stereocenters. The van der Waals surface area contributed by atoms with E-state index >= 15 is 0 Å². The third-order valence-electron chi connectivity index (χ3n) is 3.18. The Labute approximate surface area is 84.0 Å². The summed E-state index contributed by atoms with van der Waals surface area (Å²) in [4.78, 5) is 4.01. The van der Waals surface area contributed by atoms with Crippen LogP contribution in [0.2, 0.25) is 0 Å². The van der Waals surface area contributed by atoms with Crippen LogP contribution in [0.4, 0.5) is 0 Å². The van der Waals surface area contributed by atoms with Crippen molar-refractivity contribution in [3.8, 4) is 0 Å². The van der Waals surface area contributed by atoms with E-state index in [1.807, 2.05) is 4.68 Å². The van der Waals surface area contributed by atoms with Crippen molar-refractivity contribution < 1.29 is 5.11 Å². The van der Waals surface area contributed by atoms with Gasteiger partial charge in [-0.1, -0.05) is 19.8 Å². The van der Waals surface area contributed by atoms with Crippen LogP contribution >= 0.6 is 0 Å². The molecule has 1 aromatic rings. The third kappa shape index (κ3) is 1.80. The second-order valence-corrected chi connectivity index (χ2v) is 4.51. The maximum absolute atomic E-state index is 9.04. The van der Waals surface area contributed by atoms with Gasteiger partial charge in [0, 0.05) is 6.54 Å². The van der Waals surface area contributed by atoms with Gasteiger partial charge in [0.25, 0.3) is 0 Å². The molecule has 78 valence electrons. The first kappa shape index (κ1) is 9.65. The van der Waals surface area contributed by atoms with Gasteiger partial charge in [0.1, 0.15) is 12.9 Å². The molecule has 1 aliphatic rings. The van der Waals surface area contributed by atoms with E-state index in [4.69, 9.17) is 5.11 Å². The molecule has 14 heavy (non-hydrogen) atoms. The zero-order valence-corrected chi connectivity index (χ0v) is 8.61. The summed E-state index contributed by atoms with van der Waals surface area (Å²) in [6.45, 7) is 3.17. The average molecular weight is 195 g/mol. The Morgan fingerprint density at radius 1 is 1.50 bits per heavy atom. The second-order valence-electron chi connectivity index (χ2n) is 4.51. The van der Waals surface area contributed by atoms with Gasteiger partial charge in [0.2, 0.25) is 0 Å². The number of hydrogen-bond acceptors (Lipinski definition) is 3. The maximum Gasteiger partial charge on any atom is 0.152 e. The van der Waals surface area contributed by atoms with Crippen molar-refractivity contribution >= 4 is 0 Å². The average Bonchev–Trinajstić information content (AvgIpc) is 2.75. The summed E-state index contributed by atoms with van der Waals surface area (Å²) in [5.41, 5.74) is 0.359. The molecule has 0 bridgehead atoms. The van der Waals surface area contributed by atoms with E-state index in [0.29, 0.717) is 11.2 Å². The molecule has 0 spiro atoms. The maximum atomic E-state index is 9.04. The van der Waals surface area contributed by atoms with Gasteiger partial charge in [-0.2, -0.15) is 5.10 Å². The van der Waals surface area contributed by atoms with Crippen LogP contribution < -0.4 is 0 Å². The summed E-state index contributed by atoms with van der Waals surface area (Å²) >= 11 is 0. The fraction of sp³-hybridized carbons (Fsp3) is 0.800. The summed E-state index contributed by atoms with van der Waals surface area (Å²) in [6, 6.07) is 0. The molecule has 0 aromatic carbocycles. The van der Waals surface area contributed by atoms with E-state index in [2.05, 4.69) is 17.0 Å². The van der Waals surface area contributed by atoms with Gasteiger partial charge in [-0.15, -0.1) is 0 Å². The van der Waals surface area contributed by atoms with Crippen molar-refractivity contribution in [3.63, 3.8) is 0 Å². The lowest BCUT2D eigenvalue weighted by Gasteiger charge is -2.23. The van der Waals surface area contributed by atoms with Crippen molar-refractivity contribution in [2.45, 2.75) is 45.8 Å². The minimum Gasteiger partial charge on any atom is -0.388 e. The van der Waals surface area contributed by atoms with Gasteiger partial charge >= 0.3 is 0 Å². The Bertz CT molecular complexity index is 302. The first-order valence-electron chi connectivity index (χ1n) is 5.21. The first-order valence-corrected chi connectivity index (χ1v) is 5.21. The lowest BCUT2D eigenvalue weighted by atomic mass is 9.89. The Kier molecular flexibility index (Phi) is 2.54. The van der Waals surface area contributed by atoms with Crippen LogP contribution in [0.3, 0.4) is 0 Å². The number of aliphatic hydroxyl groups is 1. The smallest absolute Gasteiger partial charge is 0.152 e. The normalized spacial score (nSPS) is 20.1. The van der Waals surface area contributed by atoms with E-state index in [1.54, 1.807) is 0 Å². The molecule has 0 amide bonds. The second kappa shape index (κ2) is 3.69. The SMILES string of the molecule is CC1(Cn2ncnc2CO)CCCC1. The fourth-order valence-electron chi connectivity index (χ4n) is 2.29. The number of nitrogens with zero attached hydrogens (tertiary/aromatic N) is 3. The van der Waals surface area contributed by atoms with E-state index in [1.165, 1.54) is 32.0 Å². The fourth-order valence-corrected chi connectivity index (χ4v) is 2.29. The Morgan fingerprint density at radius 3 is 2.86 bits per heavy atom. The minimum atomic E-state index is -0.0178. The van der Waals surface area contributed by atoms with Crippen LogP contribution in [0, 0.1) is 5.41 Å². The molecule has 1 fully saturated rings. The van der Waals surface area contributed by atoms with E-state index in [-0.39, 0.29) is 6.61 Å². The lowest BCUT2D eigenvalue weighted by Crippen LogP contribution is -2.22. The van der Waals surface area contributed by atoms with Crippen LogP contribution in [0.1, 0.15) is 38.4 Å². The predicted molar refractivity (Wildman–Crippen MR) is 52.5 cm³/mol. The zero-order chi connectivity index (χ0) is 10.0. The Balaban J connectivity index is 2.09. The van der Waals surface area contributed by atoms with Crippen molar-refractivity contribution in [1.82, 2.24) is 14.8 Å². The van der Waals surface area contributed by atoms with Crippen LogP contribution in [0.15, 0.2) is 6.33 Å². The summed E-state index contributed by atoms with van der Waals surface area (Å²) in [7, 11) is 0. The highest BCUT2D eigenvalue weighted by Gasteiger charge is 2.29. The topological polar surface area (TPSA) is 50.9 Å². The highest BCUT2D eigenvalue weighted by Crippen LogP contribution is 2.38. The Morgan fingerprint density at radius 2 is 2.21 bits per heavy atom. The summed E-state index contributed by atoms with van der Waals surface area (Å²) in [6.07, 6.45) is 6.68. The van der Waals surface area contributed by atoms with Gasteiger partial charge in [-0.05, 0) is 18.3 Å². The van der Waals surface area contributed by atoms with E-state index < -0.39 is 0 Å². The number of aliphatic hydroxyl groups excluding tert-OH is 1. The molecule has 0 saturated heterocycles. The third-order valence-corrected chi connectivity index (χ3v) is 3.18. The molecule has 1 saturated carbocycles. The summed E-state index contributed by atoms with van der Waals surface area (Å²) < 4.78 is 1.84. The highest BCUT2D eigenvalue weighted by molar-refractivity contribution is 4.86. The quantitative estimate of drug-likeness (QED) is 0.792. The van der Waals surface area contributed by atoms with Crippen LogP contribution in [0.5, 0.6) is 0 Å². The van der Waals surface area contributed by atoms with E-state index in [9.17, 15) is 0 Å². The summed E-state index contributed by atoms with van der Waals surface area (Å²) in [5.74, 6) is 0.679. The molecule has 1 aromatic heterocycles. The molecular weight excluding hydrogens is 178 g/mol. The van der Waals surface area contributed by atoms with Crippen LogP contribution in [-0.2, 0) is 13.2 Å². The van der Waals surface area contributed by atoms with Gasteiger partial charge < -0.3 is 5.11 Å². The zero-order valence-electron chi connectivity index (χ0n) is 8.61. The van der Waals surface area contributed by atoms with Crippen molar-refractivity contribution in [2.75, 3.05) is 0 Å². The van der Waals surface area contributed by atoms with Crippen molar-refractivity contribution in [1.29, 1.82) is 0 Å². The van der Waals surface area contributed by atoms with Gasteiger partial charge in [0.05, 0.1) is 0 Å². The molecular formula is C10H17N3O. The summed E-state index contributed by atoms with van der Waals surface area (Å²) in [5, 5.41) is 13.2. The van der Waals surface area contributed by atoms with Crippen molar-refractivity contribution in [2.24, 2.45) is 5.41 Å². The van der Waals surface area contributed by atoms with Gasteiger partial charge in [-0.25, -0.2) is 9.67 Å². The molecule has 1 N–H and O–H groups in total. The van der Waals surface area contributed by atoms with E-state index in [0.717, 1.165) is 6.54 Å². The molecule has 0 aliphatic heterocycles. The predicted octanol–water partition coefficient (Wildman–Crippen LogP) is 1.35. The molecule has 0 radical (unpaired) electrons. The molecule has 2 rings (SSSR count). The molecule has 1 heterocycles.